The summed E-state index contributed by atoms with van der Waals surface area (Å²) >= 11 is 2.77. The molecule has 4 aromatic heterocycles. The predicted molar refractivity (Wildman–Crippen MR) is 121 cm³/mol. The topological polar surface area (TPSA) is 107 Å². The van der Waals surface area contributed by atoms with Crippen molar-refractivity contribution in [2.75, 3.05) is 6.61 Å². The van der Waals surface area contributed by atoms with E-state index in [-0.39, 0.29) is 17.7 Å². The molecule has 9 nitrogen and oxygen atoms in total. The molecule has 5 aromatic rings. The second-order valence-corrected chi connectivity index (χ2v) is 8.84. The van der Waals surface area contributed by atoms with E-state index in [9.17, 15) is 14.7 Å². The molecule has 31 heavy (non-hydrogen) atoms. The minimum absolute atomic E-state index is 0.0116. The summed E-state index contributed by atoms with van der Waals surface area (Å²) in [4.78, 5) is 30.2. The molecule has 11 heteroatoms. The van der Waals surface area contributed by atoms with Gasteiger partial charge in [-0.2, -0.15) is 0 Å². The molecule has 0 radical (unpaired) electrons. The number of aliphatic hydroxyl groups is 1. The van der Waals surface area contributed by atoms with Gasteiger partial charge >= 0.3 is 0 Å². The largest absolute Gasteiger partial charge is 0.396 e. The normalized spacial score (nSPS) is 11.8. The first-order valence-electron chi connectivity index (χ1n) is 9.63. The third kappa shape index (κ3) is 3.25. The van der Waals surface area contributed by atoms with Gasteiger partial charge in [0.2, 0.25) is 5.78 Å². The Morgan fingerprint density at radius 2 is 1.97 bits per heavy atom. The second kappa shape index (κ2) is 7.91. The predicted octanol–water partition coefficient (Wildman–Crippen LogP) is 2.03. The molecule has 0 fully saturated rings. The van der Waals surface area contributed by atoms with Crippen LogP contribution in [0.3, 0.4) is 0 Å². The Labute approximate surface area is 183 Å². The van der Waals surface area contributed by atoms with E-state index in [4.69, 9.17) is 0 Å². The van der Waals surface area contributed by atoms with Crippen molar-refractivity contribution in [1.82, 2.24) is 28.7 Å². The summed E-state index contributed by atoms with van der Waals surface area (Å²) in [5, 5.41) is 20.7. The number of thioether (sulfide) groups is 1. The van der Waals surface area contributed by atoms with E-state index in [1.54, 1.807) is 17.7 Å². The Morgan fingerprint density at radius 1 is 1.13 bits per heavy atom. The van der Waals surface area contributed by atoms with Gasteiger partial charge in [-0.15, -0.1) is 21.5 Å². The van der Waals surface area contributed by atoms with Gasteiger partial charge in [-0.1, -0.05) is 23.9 Å². The molecule has 0 saturated heterocycles. The number of para-hydroxylation sites is 1. The lowest BCUT2D eigenvalue weighted by molar-refractivity contribution is 0.276. The maximum absolute atomic E-state index is 13.0. The average molecular weight is 455 g/mol. The van der Waals surface area contributed by atoms with Gasteiger partial charge in [0.1, 0.15) is 10.5 Å². The van der Waals surface area contributed by atoms with Crippen LogP contribution in [0.4, 0.5) is 0 Å². The monoisotopic (exact) mass is 454 g/mol. The standard InChI is InChI=1S/C20H18N6O3S2/c1-24-18(29)16-14(7-10-30-16)26-15(22-23-19(24)26)11-31-20-21-13-6-3-2-5-12(13)17(28)25(20)8-4-9-27/h2-3,5-7,10,27H,4,8-9,11H2,1H3. The van der Waals surface area contributed by atoms with Crippen LogP contribution in [-0.4, -0.2) is 40.4 Å². The van der Waals surface area contributed by atoms with Crippen LogP contribution >= 0.6 is 23.1 Å². The fourth-order valence-electron chi connectivity index (χ4n) is 3.56. The Bertz CT molecular complexity index is 1550. The molecular formula is C20H18N6O3S2. The molecule has 158 valence electrons. The Hall–Kier alpha value is -3.02. The van der Waals surface area contributed by atoms with E-state index >= 15 is 0 Å². The first-order valence-corrected chi connectivity index (χ1v) is 11.5. The molecule has 0 aliphatic carbocycles. The van der Waals surface area contributed by atoms with E-state index in [2.05, 4.69) is 15.2 Å². The number of aryl methyl sites for hydroxylation is 1. The third-order valence-corrected chi connectivity index (χ3v) is 6.96. The zero-order chi connectivity index (χ0) is 21.5. The third-order valence-electron chi connectivity index (χ3n) is 5.09. The number of fused-ring (bicyclic) bond motifs is 4. The Balaban J connectivity index is 1.59. The molecule has 0 aliphatic heterocycles. The summed E-state index contributed by atoms with van der Waals surface area (Å²) in [7, 11) is 1.68. The lowest BCUT2D eigenvalue weighted by Crippen LogP contribution is -2.24. The van der Waals surface area contributed by atoms with E-state index < -0.39 is 0 Å². The van der Waals surface area contributed by atoms with Gasteiger partial charge < -0.3 is 5.11 Å². The molecule has 1 aromatic carbocycles. The zero-order valence-electron chi connectivity index (χ0n) is 16.6. The molecule has 0 aliphatic rings. The minimum atomic E-state index is -0.129. The average Bonchev–Trinajstić information content (AvgIpc) is 3.43. The summed E-state index contributed by atoms with van der Waals surface area (Å²) in [5.74, 6) is 1.54. The molecule has 0 spiro atoms. The van der Waals surface area contributed by atoms with Crippen molar-refractivity contribution in [3.63, 3.8) is 0 Å². The first-order chi connectivity index (χ1) is 15.1. The van der Waals surface area contributed by atoms with Gasteiger partial charge in [0.05, 0.1) is 22.2 Å². The van der Waals surface area contributed by atoms with Crippen LogP contribution in [0.1, 0.15) is 12.2 Å². The van der Waals surface area contributed by atoms with Gasteiger partial charge in [0.15, 0.2) is 5.16 Å². The molecule has 0 atom stereocenters. The quantitative estimate of drug-likeness (QED) is 0.309. The van der Waals surface area contributed by atoms with Crippen molar-refractivity contribution >= 4 is 50.0 Å². The van der Waals surface area contributed by atoms with Gasteiger partial charge in [-0.25, -0.2) is 4.98 Å². The van der Waals surface area contributed by atoms with Gasteiger partial charge in [-0.3, -0.25) is 23.1 Å². The molecule has 5 rings (SSSR count). The van der Waals surface area contributed by atoms with Crippen LogP contribution in [0.15, 0.2) is 50.5 Å². The Morgan fingerprint density at radius 3 is 2.81 bits per heavy atom. The highest BCUT2D eigenvalue weighted by Crippen LogP contribution is 2.25. The highest BCUT2D eigenvalue weighted by atomic mass is 32.2. The zero-order valence-corrected chi connectivity index (χ0v) is 18.2. The lowest BCUT2D eigenvalue weighted by Gasteiger charge is -2.12. The van der Waals surface area contributed by atoms with Crippen LogP contribution in [-0.2, 0) is 19.3 Å². The lowest BCUT2D eigenvalue weighted by atomic mass is 10.2. The van der Waals surface area contributed by atoms with Crippen molar-refractivity contribution in [1.29, 1.82) is 0 Å². The number of hydrogen-bond acceptors (Lipinski definition) is 8. The maximum atomic E-state index is 13.0. The van der Waals surface area contributed by atoms with Crippen molar-refractivity contribution in [2.45, 2.75) is 23.9 Å². The van der Waals surface area contributed by atoms with Crippen LogP contribution < -0.4 is 11.1 Å². The molecule has 0 unspecified atom stereocenters. The van der Waals surface area contributed by atoms with Crippen molar-refractivity contribution in [2.24, 2.45) is 7.05 Å². The molecule has 0 bridgehead atoms. The van der Waals surface area contributed by atoms with Crippen LogP contribution in [0.5, 0.6) is 0 Å². The van der Waals surface area contributed by atoms with E-state index in [1.807, 2.05) is 34.0 Å². The van der Waals surface area contributed by atoms with E-state index in [0.717, 1.165) is 5.52 Å². The number of rotatable bonds is 6. The molecule has 4 heterocycles. The van der Waals surface area contributed by atoms with E-state index in [0.29, 0.717) is 51.1 Å². The van der Waals surface area contributed by atoms with Crippen LogP contribution in [0, 0.1) is 0 Å². The summed E-state index contributed by atoms with van der Waals surface area (Å²) in [6, 6.07) is 9.12. The van der Waals surface area contributed by atoms with Gasteiger partial charge in [0.25, 0.3) is 11.1 Å². The SMILES string of the molecule is Cn1c(=O)c2sccc2n2c(CSc3nc4ccccc4c(=O)n3CCCO)nnc12. The van der Waals surface area contributed by atoms with Crippen molar-refractivity contribution in [3.05, 3.63) is 62.2 Å². The first kappa shape index (κ1) is 19.9. The number of hydrogen-bond donors (Lipinski definition) is 1. The molecule has 0 saturated carbocycles. The fourth-order valence-corrected chi connectivity index (χ4v) is 5.35. The number of benzene rings is 1. The number of aromatic nitrogens is 6. The van der Waals surface area contributed by atoms with Crippen LogP contribution in [0.25, 0.3) is 26.9 Å². The van der Waals surface area contributed by atoms with Crippen molar-refractivity contribution in [3.8, 4) is 0 Å². The summed E-state index contributed by atoms with van der Waals surface area (Å²) in [5.41, 5.74) is 1.17. The molecular weight excluding hydrogens is 436 g/mol. The molecule has 0 amide bonds. The number of aliphatic hydroxyl groups excluding tert-OH is 1. The van der Waals surface area contributed by atoms with Gasteiger partial charge in [-0.05, 0) is 30.0 Å². The summed E-state index contributed by atoms with van der Waals surface area (Å²) in [6.45, 7) is 0.363. The van der Waals surface area contributed by atoms with Crippen LogP contribution in [0.2, 0.25) is 0 Å². The van der Waals surface area contributed by atoms with Crippen molar-refractivity contribution < 1.29 is 5.11 Å². The summed E-state index contributed by atoms with van der Waals surface area (Å²) in [6.07, 6.45) is 0.457. The Kier molecular flexibility index (Phi) is 5.08. The maximum Gasteiger partial charge on any atom is 0.272 e. The number of thiophene rings is 1. The van der Waals surface area contributed by atoms with E-state index in [1.165, 1.54) is 27.7 Å². The second-order valence-electron chi connectivity index (χ2n) is 6.98. The van der Waals surface area contributed by atoms with Gasteiger partial charge in [0, 0.05) is 20.2 Å². The smallest absolute Gasteiger partial charge is 0.272 e. The summed E-state index contributed by atoms with van der Waals surface area (Å²) < 4.78 is 5.61. The highest BCUT2D eigenvalue weighted by Gasteiger charge is 2.17. The molecule has 1 N–H and O–H groups in total. The minimum Gasteiger partial charge on any atom is -0.396 e. The highest BCUT2D eigenvalue weighted by molar-refractivity contribution is 7.98. The fraction of sp³-hybridized carbons (Fsp3) is 0.250. The number of nitrogens with zero attached hydrogens (tertiary/aromatic N) is 6.